The van der Waals surface area contributed by atoms with Crippen LogP contribution in [-0.4, -0.2) is 50.6 Å². The second-order valence-electron chi connectivity index (χ2n) is 8.98. The van der Waals surface area contributed by atoms with Crippen LogP contribution < -0.4 is 4.74 Å². The molecule has 2 aliphatic heterocycles. The fraction of sp³-hybridized carbons (Fsp3) is 0.684. The van der Waals surface area contributed by atoms with Crippen LogP contribution in [0.1, 0.15) is 43.2 Å². The fourth-order valence-corrected chi connectivity index (χ4v) is 7.11. The van der Waals surface area contributed by atoms with E-state index in [2.05, 4.69) is 4.90 Å². The lowest BCUT2D eigenvalue weighted by Crippen LogP contribution is -2.65. The van der Waals surface area contributed by atoms with Gasteiger partial charge in [-0.25, -0.2) is 0 Å². The molecule has 0 radical (unpaired) electrons. The maximum absolute atomic E-state index is 11.8. The number of rotatable bonds is 2. The van der Waals surface area contributed by atoms with Crippen LogP contribution >= 0.6 is 0 Å². The second-order valence-corrected chi connectivity index (χ2v) is 8.98. The third-order valence-corrected chi connectivity index (χ3v) is 8.08. The molecular weight excluding hydrogens is 306 g/mol. The highest BCUT2D eigenvalue weighted by Gasteiger charge is 2.91. The molecule has 6 aliphatic rings. The van der Waals surface area contributed by atoms with Gasteiger partial charge in [-0.1, -0.05) is 6.07 Å². The molecule has 7 rings (SSSR count). The summed E-state index contributed by atoms with van der Waals surface area (Å²) in [7, 11) is 0. The first-order valence-electron chi connectivity index (χ1n) is 9.25. The Bertz CT molecular complexity index is 822. The van der Waals surface area contributed by atoms with E-state index in [-0.39, 0.29) is 17.3 Å². The van der Waals surface area contributed by atoms with Crippen molar-refractivity contribution < 1.29 is 20.1 Å². The maximum atomic E-state index is 11.8. The van der Waals surface area contributed by atoms with Gasteiger partial charge in [-0.2, -0.15) is 0 Å². The number of phenols is 1. The number of fused-ring (bicyclic) bond motifs is 1. The Balaban J connectivity index is 1.51. The Morgan fingerprint density at radius 3 is 2.88 bits per heavy atom. The van der Waals surface area contributed by atoms with Crippen molar-refractivity contribution in [2.24, 2.45) is 5.92 Å². The molecule has 1 saturated heterocycles. The molecule has 2 heterocycles. The number of benzene rings is 1. The molecule has 0 aromatic heterocycles. The minimum Gasteiger partial charge on any atom is -0.504 e. The maximum Gasteiger partial charge on any atom is 0.165 e. The predicted octanol–water partition coefficient (Wildman–Crippen LogP) is 0.984. The Morgan fingerprint density at radius 1 is 1.25 bits per heavy atom. The molecular formula is C19H21NO4. The number of likely N-dealkylation sites (tertiary alicyclic amines) is 1. The molecule has 1 aromatic carbocycles. The molecule has 4 aliphatic carbocycles. The third kappa shape index (κ3) is 0.998. The van der Waals surface area contributed by atoms with Gasteiger partial charge in [-0.3, -0.25) is 4.90 Å². The Hall–Kier alpha value is -1.30. The average Bonchev–Trinajstić information content (AvgIpc) is 3.39. The summed E-state index contributed by atoms with van der Waals surface area (Å²) < 4.78 is 6.07. The van der Waals surface area contributed by atoms with Crippen molar-refractivity contribution in [3.05, 3.63) is 23.3 Å². The molecule has 126 valence electrons. The van der Waals surface area contributed by atoms with Crippen LogP contribution in [0, 0.1) is 5.92 Å². The first-order valence-corrected chi connectivity index (χ1v) is 9.25. The van der Waals surface area contributed by atoms with Gasteiger partial charge in [0.1, 0.15) is 6.10 Å². The number of hydrogen-bond donors (Lipinski definition) is 3. The first kappa shape index (κ1) is 13.0. The molecule has 4 fully saturated rings. The van der Waals surface area contributed by atoms with E-state index < -0.39 is 23.2 Å². The highest BCUT2D eigenvalue weighted by Crippen LogP contribution is 2.82. The van der Waals surface area contributed by atoms with E-state index in [1.54, 1.807) is 6.07 Å². The molecule has 7 atom stereocenters. The zero-order valence-corrected chi connectivity index (χ0v) is 13.4. The van der Waals surface area contributed by atoms with E-state index in [1.807, 2.05) is 6.07 Å². The summed E-state index contributed by atoms with van der Waals surface area (Å²) in [5.74, 6) is 1.44. The summed E-state index contributed by atoms with van der Waals surface area (Å²) in [5.41, 5.74) is 0.795. The molecule has 3 N–H and O–H groups in total. The quantitative estimate of drug-likeness (QED) is 0.707. The van der Waals surface area contributed by atoms with E-state index in [4.69, 9.17) is 4.74 Å². The summed E-state index contributed by atoms with van der Waals surface area (Å²) in [4.78, 5) is 2.52. The standard InChI is InChI=1S/C19H21NO4/c21-11-4-3-10-13-14(11)24-15-12(22)5-6-19(23)16-18(10,8-17(13,15)19)20(16)7-9-1-2-9/h3-4,9,12,15-16,21-23H,1-2,5-8H2/t12?,15?,16-,17+,18?,19-,20?/m0/s1. The van der Waals surface area contributed by atoms with Gasteiger partial charge in [0, 0.05) is 12.1 Å². The molecule has 5 heteroatoms. The Labute approximate surface area is 139 Å². The number of aliphatic hydroxyl groups excluding tert-OH is 1. The predicted molar refractivity (Wildman–Crippen MR) is 83.9 cm³/mol. The minimum atomic E-state index is -0.835. The van der Waals surface area contributed by atoms with Gasteiger partial charge in [0.05, 0.1) is 28.7 Å². The molecule has 0 amide bonds. The highest BCUT2D eigenvalue weighted by molar-refractivity contribution is 5.71. The largest absolute Gasteiger partial charge is 0.504 e. The summed E-state index contributed by atoms with van der Waals surface area (Å²) in [6, 6.07) is 3.93. The van der Waals surface area contributed by atoms with Gasteiger partial charge >= 0.3 is 0 Å². The molecule has 2 bridgehead atoms. The van der Waals surface area contributed by atoms with Gasteiger partial charge in [0.25, 0.3) is 0 Å². The smallest absolute Gasteiger partial charge is 0.165 e. The number of aromatic hydroxyl groups is 1. The van der Waals surface area contributed by atoms with Crippen molar-refractivity contribution in [3.8, 4) is 11.5 Å². The topological polar surface area (TPSA) is 72.9 Å². The first-order chi connectivity index (χ1) is 11.5. The van der Waals surface area contributed by atoms with Gasteiger partial charge in [0.15, 0.2) is 11.5 Å². The van der Waals surface area contributed by atoms with E-state index in [0.29, 0.717) is 18.6 Å². The molecule has 24 heavy (non-hydrogen) atoms. The molecule has 4 unspecified atom stereocenters. The molecule has 3 saturated carbocycles. The lowest BCUT2D eigenvalue weighted by atomic mass is 9.59. The zero-order valence-electron chi connectivity index (χ0n) is 13.4. The third-order valence-electron chi connectivity index (χ3n) is 8.08. The number of nitrogens with zero attached hydrogens (tertiary/aromatic N) is 1. The van der Waals surface area contributed by atoms with Crippen molar-refractivity contribution in [3.63, 3.8) is 0 Å². The van der Waals surface area contributed by atoms with Crippen molar-refractivity contribution in [2.75, 3.05) is 6.54 Å². The normalized spacial score (nSPS) is 54.4. The van der Waals surface area contributed by atoms with Crippen molar-refractivity contribution in [1.29, 1.82) is 0 Å². The Kier molecular flexibility index (Phi) is 1.81. The number of ether oxygens (including phenoxy) is 1. The van der Waals surface area contributed by atoms with Crippen LogP contribution in [0.2, 0.25) is 0 Å². The summed E-state index contributed by atoms with van der Waals surface area (Å²) in [5, 5.41) is 32.8. The summed E-state index contributed by atoms with van der Waals surface area (Å²) in [6.07, 6.45) is 3.64. The van der Waals surface area contributed by atoms with Crippen LogP contribution in [0.15, 0.2) is 12.1 Å². The van der Waals surface area contributed by atoms with Crippen LogP contribution in [0.3, 0.4) is 0 Å². The monoisotopic (exact) mass is 327 g/mol. The van der Waals surface area contributed by atoms with Gasteiger partial charge in [0.2, 0.25) is 0 Å². The van der Waals surface area contributed by atoms with Gasteiger partial charge in [-0.05, 0) is 49.7 Å². The number of phenolic OH excluding ortho intramolecular Hbond substituents is 1. The second kappa shape index (κ2) is 3.35. The van der Waals surface area contributed by atoms with E-state index in [9.17, 15) is 15.3 Å². The van der Waals surface area contributed by atoms with Crippen LogP contribution in [0.5, 0.6) is 11.5 Å². The Morgan fingerprint density at radius 2 is 2.08 bits per heavy atom. The van der Waals surface area contributed by atoms with Gasteiger partial charge in [-0.15, -0.1) is 0 Å². The zero-order chi connectivity index (χ0) is 16.1. The summed E-state index contributed by atoms with van der Waals surface area (Å²) >= 11 is 0. The number of aliphatic hydroxyl groups is 2. The lowest BCUT2D eigenvalue weighted by molar-refractivity contribution is -0.143. The SMILES string of the molecule is Oc1ccc2c3c1OC1C(O)CC[C@]4(O)[C@H]5N(CC6CC6)C25C[C@@]314. The van der Waals surface area contributed by atoms with Crippen molar-refractivity contribution >= 4 is 0 Å². The van der Waals surface area contributed by atoms with E-state index >= 15 is 0 Å². The van der Waals surface area contributed by atoms with Crippen molar-refractivity contribution in [2.45, 2.75) is 66.9 Å². The van der Waals surface area contributed by atoms with Crippen LogP contribution in [0.25, 0.3) is 0 Å². The number of hydrogen-bond acceptors (Lipinski definition) is 5. The lowest BCUT2D eigenvalue weighted by Gasteiger charge is -2.50. The minimum absolute atomic E-state index is 0.0821. The average molecular weight is 327 g/mol. The van der Waals surface area contributed by atoms with E-state index in [0.717, 1.165) is 24.4 Å². The molecule has 1 aromatic rings. The molecule has 2 spiro atoms. The van der Waals surface area contributed by atoms with Crippen LogP contribution in [0.4, 0.5) is 0 Å². The van der Waals surface area contributed by atoms with Crippen LogP contribution in [-0.2, 0) is 11.0 Å². The van der Waals surface area contributed by atoms with Gasteiger partial charge < -0.3 is 20.1 Å². The highest BCUT2D eigenvalue weighted by atomic mass is 16.5. The van der Waals surface area contributed by atoms with Crippen molar-refractivity contribution in [1.82, 2.24) is 4.90 Å². The molecule has 5 nitrogen and oxygen atoms in total. The van der Waals surface area contributed by atoms with E-state index in [1.165, 1.54) is 18.4 Å². The fourth-order valence-electron chi connectivity index (χ4n) is 7.11. The summed E-state index contributed by atoms with van der Waals surface area (Å²) in [6.45, 7) is 1.08. The number of piperidine rings is 1.